The Morgan fingerprint density at radius 1 is 1.00 bits per heavy atom. The Labute approximate surface area is 125 Å². The van der Waals surface area contributed by atoms with Crippen molar-refractivity contribution >= 4 is 21.0 Å². The molecule has 4 atom stereocenters. The first-order valence-electron chi connectivity index (χ1n) is 5.78. The molecule has 0 bridgehead atoms. The lowest BCUT2D eigenvalue weighted by Crippen LogP contribution is -2.46. The van der Waals surface area contributed by atoms with Crippen molar-refractivity contribution in [2.75, 3.05) is 19.3 Å². The summed E-state index contributed by atoms with van der Waals surface area (Å²) in [6.07, 6.45) is -8.83. The molecule has 22 heavy (non-hydrogen) atoms. The predicted molar refractivity (Wildman–Crippen MR) is 73.9 cm³/mol. The monoisotopic (exact) mass is 368 g/mol. The fourth-order valence-corrected chi connectivity index (χ4v) is 3.35. The second kappa shape index (κ2) is 8.69. The van der Waals surface area contributed by atoms with Gasteiger partial charge in [-0.3, -0.25) is 9.56 Å². The maximum atomic E-state index is 11.1. The van der Waals surface area contributed by atoms with Crippen LogP contribution >= 0.6 is 15.5 Å². The van der Waals surface area contributed by atoms with E-state index in [0.29, 0.717) is 0 Å². The van der Waals surface area contributed by atoms with Crippen LogP contribution in [0.3, 0.4) is 0 Å². The molecule has 14 heteroatoms. The first-order chi connectivity index (χ1) is 9.79. The zero-order valence-electron chi connectivity index (χ0n) is 11.2. The molecule has 0 heterocycles. The van der Waals surface area contributed by atoms with Gasteiger partial charge < -0.3 is 35.3 Å². The molecule has 0 aromatic heterocycles. The molecular weight excluding hydrogens is 348 g/mol. The van der Waals surface area contributed by atoms with E-state index >= 15 is 0 Å². The van der Waals surface area contributed by atoms with E-state index in [1.807, 2.05) is 0 Å². The van der Waals surface area contributed by atoms with E-state index in [1.165, 1.54) is 0 Å². The van der Waals surface area contributed by atoms with Crippen LogP contribution in [-0.4, -0.2) is 99.2 Å². The molecule has 0 aliphatic heterocycles. The smallest absolute Gasteiger partial charge is 0.394 e. The van der Waals surface area contributed by atoms with Gasteiger partial charge in [0.05, 0.1) is 13.2 Å². The fourth-order valence-electron chi connectivity index (χ4n) is 1.29. The van der Waals surface area contributed by atoms with Crippen LogP contribution < -0.4 is 0 Å². The minimum Gasteiger partial charge on any atom is -0.394 e. The minimum atomic E-state index is -5.05. The number of aliphatic hydroxyl groups excluding tert-OH is 5. The highest BCUT2D eigenvalue weighted by atomic mass is 31.2. The number of nitrogens with zero attached hydrogens (tertiary/aromatic N) is 1. The van der Waals surface area contributed by atoms with Gasteiger partial charge in [0, 0.05) is 0 Å². The summed E-state index contributed by atoms with van der Waals surface area (Å²) in [5, 5.41) is 46.0. The molecule has 132 valence electrons. The molecule has 0 aromatic carbocycles. The summed E-state index contributed by atoms with van der Waals surface area (Å²) >= 11 is 0. The lowest BCUT2D eigenvalue weighted by atomic mass is 10.0. The van der Waals surface area contributed by atoms with Gasteiger partial charge in [0.25, 0.3) is 0 Å². The van der Waals surface area contributed by atoms with Crippen LogP contribution in [0.4, 0.5) is 0 Å². The Morgan fingerprint density at radius 3 is 1.82 bits per heavy atom. The van der Waals surface area contributed by atoms with E-state index in [0.717, 1.165) is 0 Å². The van der Waals surface area contributed by atoms with E-state index < -0.39 is 64.7 Å². The molecular formula is C8H20NO11P2+. The third kappa shape index (κ3) is 7.97. The summed E-state index contributed by atoms with van der Waals surface area (Å²) in [5.74, 6) is 0. The van der Waals surface area contributed by atoms with Gasteiger partial charge in [0.15, 0.2) is 11.6 Å². The van der Waals surface area contributed by atoms with Gasteiger partial charge in [0.1, 0.15) is 24.4 Å². The van der Waals surface area contributed by atoms with Crippen molar-refractivity contribution in [2.24, 2.45) is 4.99 Å². The van der Waals surface area contributed by atoms with Crippen LogP contribution in [0, 0.1) is 0 Å². The van der Waals surface area contributed by atoms with Gasteiger partial charge in [-0.25, -0.2) is 0 Å². The second-order valence-electron chi connectivity index (χ2n) is 4.45. The van der Waals surface area contributed by atoms with Crippen molar-refractivity contribution in [3.05, 3.63) is 0 Å². The summed E-state index contributed by atoms with van der Waals surface area (Å²) in [7, 11) is -9.64. The van der Waals surface area contributed by atoms with Crippen molar-refractivity contribution in [2.45, 2.75) is 24.4 Å². The quantitative estimate of drug-likeness (QED) is 0.138. The fraction of sp³-hybridized carbons (Fsp3) is 0.875. The third-order valence-corrected chi connectivity index (χ3v) is 4.42. The molecule has 0 aliphatic rings. The molecule has 0 aromatic rings. The summed E-state index contributed by atoms with van der Waals surface area (Å²) in [6, 6.07) is 0. The van der Waals surface area contributed by atoms with Crippen molar-refractivity contribution in [1.82, 2.24) is 0 Å². The molecule has 0 rings (SSSR count). The molecule has 0 fully saturated rings. The zero-order chi connectivity index (χ0) is 17.7. The van der Waals surface area contributed by atoms with Crippen molar-refractivity contribution in [1.29, 1.82) is 0 Å². The highest BCUT2D eigenvalue weighted by molar-refractivity contribution is 7.74. The highest BCUT2D eigenvalue weighted by Crippen LogP contribution is 2.50. The maximum Gasteiger partial charge on any atom is 0.410 e. The summed E-state index contributed by atoms with van der Waals surface area (Å²) < 4.78 is 11.1. The van der Waals surface area contributed by atoms with Gasteiger partial charge >= 0.3 is 15.5 Å². The highest BCUT2D eigenvalue weighted by Gasteiger charge is 2.40. The van der Waals surface area contributed by atoms with Crippen LogP contribution in [-0.2, 0) is 4.57 Å². The Balaban J connectivity index is 4.98. The van der Waals surface area contributed by atoms with Crippen LogP contribution in [0.5, 0.6) is 0 Å². The third-order valence-electron chi connectivity index (χ3n) is 2.48. The zero-order valence-corrected chi connectivity index (χ0v) is 12.9. The molecule has 12 nitrogen and oxygen atoms in total. The second-order valence-corrected chi connectivity index (χ2v) is 7.76. The number of aliphatic imine (C=N–C) groups is 1. The van der Waals surface area contributed by atoms with E-state index in [2.05, 4.69) is 4.99 Å². The van der Waals surface area contributed by atoms with Gasteiger partial charge in [-0.15, -0.1) is 0 Å². The molecule has 0 radical (unpaired) electrons. The van der Waals surface area contributed by atoms with Crippen LogP contribution in [0.1, 0.15) is 0 Å². The Bertz CT molecular complexity index is 419. The molecule has 0 spiro atoms. The van der Waals surface area contributed by atoms with Gasteiger partial charge in [-0.2, -0.15) is 14.7 Å². The first kappa shape index (κ1) is 21.9. The van der Waals surface area contributed by atoms with E-state index in [1.54, 1.807) is 0 Å². The van der Waals surface area contributed by atoms with E-state index in [9.17, 15) is 19.9 Å². The van der Waals surface area contributed by atoms with Gasteiger partial charge in [0.2, 0.25) is 0 Å². The van der Waals surface area contributed by atoms with Crippen molar-refractivity contribution in [3.63, 3.8) is 0 Å². The topological polar surface area (TPSA) is 232 Å². The number of aliphatic hydroxyl groups is 5. The Morgan fingerprint density at radius 2 is 1.45 bits per heavy atom. The number of hydrogen-bond acceptors (Lipinski definition) is 10. The molecule has 0 saturated heterocycles. The minimum absolute atomic E-state index is 0.878. The standard InChI is InChI=1S/C8H19NO11P2/c10-2-5(12)8(14)7(13)4(11)1-9-6(22(18,19)20)3-21(15,16)17/h4-5,7-8,10-17H,1-3H2,(H-,18,19,20)/p+1/t4-,5+,7+,8+/m0/s1. The van der Waals surface area contributed by atoms with Gasteiger partial charge in [-0.05, 0) is 0 Å². The van der Waals surface area contributed by atoms with Gasteiger partial charge in [-0.1, -0.05) is 0 Å². The molecule has 0 saturated carbocycles. The molecule has 0 aliphatic carbocycles. The van der Waals surface area contributed by atoms with Crippen molar-refractivity contribution < 1.29 is 54.6 Å². The predicted octanol–water partition coefficient (Wildman–Crippen LogP) is -4.26. The average Bonchev–Trinajstić information content (AvgIpc) is 2.37. The average molecular weight is 368 g/mol. The molecule has 0 amide bonds. The maximum absolute atomic E-state index is 11.1. The summed E-state index contributed by atoms with van der Waals surface area (Å²) in [5.41, 5.74) is -1.11. The van der Waals surface area contributed by atoms with Crippen LogP contribution in [0.15, 0.2) is 4.99 Å². The SMILES string of the molecule is O=P(O)(O)C(C[P+](O)(O)O)=NC[C@H](O)[C@@H](O)[C@H](O)[C@H](O)CO. The first-order valence-corrected chi connectivity index (χ1v) is 9.23. The lowest BCUT2D eigenvalue weighted by Gasteiger charge is -2.24. The molecule has 10 N–H and O–H groups in total. The lowest BCUT2D eigenvalue weighted by molar-refractivity contribution is -0.112. The summed E-state index contributed by atoms with van der Waals surface area (Å²) in [6.45, 7) is -1.79. The van der Waals surface area contributed by atoms with E-state index in [4.69, 9.17) is 34.7 Å². The Hall–Kier alpha value is -0.0700. The molecule has 0 unspecified atom stereocenters. The van der Waals surface area contributed by atoms with Crippen LogP contribution in [0.25, 0.3) is 0 Å². The Kier molecular flexibility index (Phi) is 8.66. The normalized spacial score (nSPS) is 19.6. The number of hydrogen-bond donors (Lipinski definition) is 10. The van der Waals surface area contributed by atoms with Crippen LogP contribution in [0.2, 0.25) is 0 Å². The largest absolute Gasteiger partial charge is 0.410 e. The van der Waals surface area contributed by atoms with Crippen molar-refractivity contribution in [3.8, 4) is 0 Å². The number of rotatable bonds is 9. The summed E-state index contributed by atoms with van der Waals surface area (Å²) in [4.78, 5) is 47.5. The van der Waals surface area contributed by atoms with E-state index in [-0.39, 0.29) is 0 Å².